The highest BCUT2D eigenvalue weighted by Gasteiger charge is 2.15. The van der Waals surface area contributed by atoms with Gasteiger partial charge in [0.05, 0.1) is 5.76 Å². The van der Waals surface area contributed by atoms with Gasteiger partial charge in [-0.2, -0.15) is 0 Å². The zero-order valence-corrected chi connectivity index (χ0v) is 8.29. The highest BCUT2D eigenvalue weighted by atomic mass is 16.4. The summed E-state index contributed by atoms with van der Waals surface area (Å²) in [6.45, 7) is 7.45. The summed E-state index contributed by atoms with van der Waals surface area (Å²) in [5.74, 6) is -0.280. The average Bonchev–Trinajstić information content (AvgIpc) is 1.80. The van der Waals surface area contributed by atoms with Crippen molar-refractivity contribution in [2.75, 3.05) is 0 Å². The van der Waals surface area contributed by atoms with Crippen LogP contribution in [0.2, 0.25) is 0 Å². The lowest BCUT2D eigenvalue weighted by molar-refractivity contribution is -0.138. The molecule has 0 aromatic carbocycles. The van der Waals surface area contributed by atoms with Gasteiger partial charge in [0.15, 0.2) is 0 Å². The highest BCUT2D eigenvalue weighted by Crippen LogP contribution is 2.21. The normalized spacial score (nSPS) is 12.8. The second-order valence-corrected chi connectivity index (χ2v) is 3.86. The van der Waals surface area contributed by atoms with Crippen LogP contribution in [-0.2, 0) is 4.79 Å². The first-order valence-corrected chi connectivity index (χ1v) is 4.50. The van der Waals surface area contributed by atoms with Crippen molar-refractivity contribution < 1.29 is 15.0 Å². The van der Waals surface area contributed by atoms with Crippen LogP contribution in [0, 0.1) is 11.8 Å². The molecule has 76 valence electrons. The van der Waals surface area contributed by atoms with Gasteiger partial charge in [-0.25, -0.2) is 0 Å². The Morgan fingerprint density at radius 1 is 1.31 bits per heavy atom. The number of rotatable bonds is 6. The third kappa shape index (κ3) is 7.37. The van der Waals surface area contributed by atoms with Crippen LogP contribution in [-0.4, -0.2) is 16.2 Å². The summed E-state index contributed by atoms with van der Waals surface area (Å²) in [6.07, 6.45) is 1.31. The summed E-state index contributed by atoms with van der Waals surface area (Å²) in [5.41, 5.74) is 0. The van der Waals surface area contributed by atoms with Gasteiger partial charge in [0.25, 0.3) is 0 Å². The van der Waals surface area contributed by atoms with Gasteiger partial charge in [0.2, 0.25) is 0 Å². The molecule has 0 rings (SSSR count). The summed E-state index contributed by atoms with van der Waals surface area (Å²) in [5, 5.41) is 17.6. The molecule has 13 heavy (non-hydrogen) atoms. The number of carboxylic acids is 1. The monoisotopic (exact) mass is 186 g/mol. The molecule has 3 heteroatoms. The topological polar surface area (TPSA) is 57.5 Å². The van der Waals surface area contributed by atoms with Gasteiger partial charge in [-0.3, -0.25) is 4.79 Å². The molecule has 0 heterocycles. The van der Waals surface area contributed by atoms with Crippen LogP contribution in [0.1, 0.15) is 33.1 Å². The average molecular weight is 186 g/mol. The highest BCUT2D eigenvalue weighted by molar-refractivity contribution is 5.67. The maximum absolute atomic E-state index is 10.5. The Labute approximate surface area is 79.1 Å². The molecule has 3 nitrogen and oxygen atoms in total. The molecule has 0 bridgehead atoms. The van der Waals surface area contributed by atoms with Crippen molar-refractivity contribution >= 4 is 5.97 Å². The van der Waals surface area contributed by atoms with E-state index in [0.717, 1.165) is 6.42 Å². The minimum atomic E-state index is -0.813. The number of carbonyl (C=O) groups is 1. The van der Waals surface area contributed by atoms with E-state index in [9.17, 15) is 4.79 Å². The third-order valence-electron chi connectivity index (χ3n) is 1.79. The van der Waals surface area contributed by atoms with Crippen molar-refractivity contribution in [3.8, 4) is 0 Å². The summed E-state index contributed by atoms with van der Waals surface area (Å²) in [6, 6.07) is 0. The maximum atomic E-state index is 10.5. The molecule has 1 atom stereocenters. The van der Waals surface area contributed by atoms with Crippen LogP contribution in [0.3, 0.4) is 0 Å². The smallest absolute Gasteiger partial charge is 0.303 e. The van der Waals surface area contributed by atoms with E-state index in [4.69, 9.17) is 10.2 Å². The zero-order chi connectivity index (χ0) is 10.4. The predicted octanol–water partition coefficient (Wildman–Crippen LogP) is 2.59. The van der Waals surface area contributed by atoms with Crippen LogP contribution in [0.4, 0.5) is 0 Å². The van der Waals surface area contributed by atoms with Gasteiger partial charge < -0.3 is 10.2 Å². The molecule has 0 saturated heterocycles. The molecule has 0 saturated carbocycles. The van der Waals surface area contributed by atoms with Crippen molar-refractivity contribution in [3.63, 3.8) is 0 Å². The van der Waals surface area contributed by atoms with Gasteiger partial charge in [-0.15, -0.1) is 0 Å². The fraction of sp³-hybridized carbons (Fsp3) is 0.700. The fourth-order valence-electron chi connectivity index (χ4n) is 1.49. The Morgan fingerprint density at radius 2 is 1.85 bits per heavy atom. The minimum absolute atomic E-state index is 0.00926. The molecule has 0 aromatic heterocycles. The first kappa shape index (κ1) is 12.0. The Balaban J connectivity index is 4.02. The van der Waals surface area contributed by atoms with E-state index in [2.05, 4.69) is 6.58 Å². The van der Waals surface area contributed by atoms with Crippen LogP contribution in [0.15, 0.2) is 12.3 Å². The van der Waals surface area contributed by atoms with E-state index in [1.165, 1.54) is 0 Å². The van der Waals surface area contributed by atoms with E-state index in [1.807, 2.05) is 13.8 Å². The van der Waals surface area contributed by atoms with Gasteiger partial charge in [0, 0.05) is 12.8 Å². The number of carboxylic acid groups (broad SMARTS) is 1. The van der Waals surface area contributed by atoms with Gasteiger partial charge in [-0.05, 0) is 18.3 Å². The van der Waals surface area contributed by atoms with Crippen molar-refractivity contribution in [1.29, 1.82) is 0 Å². The fourth-order valence-corrected chi connectivity index (χ4v) is 1.49. The zero-order valence-electron chi connectivity index (χ0n) is 8.29. The second kappa shape index (κ2) is 5.62. The van der Waals surface area contributed by atoms with Crippen molar-refractivity contribution in [1.82, 2.24) is 0 Å². The lowest BCUT2D eigenvalue weighted by atomic mass is 9.91. The molecule has 0 aliphatic carbocycles. The van der Waals surface area contributed by atoms with Crippen LogP contribution < -0.4 is 0 Å². The molecule has 1 unspecified atom stereocenters. The Kier molecular flexibility index (Phi) is 5.19. The molecule has 0 amide bonds. The molecule has 0 spiro atoms. The largest absolute Gasteiger partial charge is 0.513 e. The standard InChI is InChI=1S/C10H18O3/c1-7(2)4-9(5-8(3)11)6-10(12)13/h7,9,11H,3-6H2,1-2H3,(H,12,13). The predicted molar refractivity (Wildman–Crippen MR) is 51.6 cm³/mol. The Hall–Kier alpha value is -0.990. The molecular formula is C10H18O3. The molecule has 0 aliphatic heterocycles. The first-order chi connectivity index (χ1) is 5.91. The number of aliphatic hydroxyl groups excluding tert-OH is 1. The van der Waals surface area contributed by atoms with E-state index >= 15 is 0 Å². The summed E-state index contributed by atoms with van der Waals surface area (Å²) >= 11 is 0. The minimum Gasteiger partial charge on any atom is -0.513 e. The quantitative estimate of drug-likeness (QED) is 0.627. The van der Waals surface area contributed by atoms with Gasteiger partial charge in [0.1, 0.15) is 0 Å². The molecular weight excluding hydrogens is 168 g/mol. The maximum Gasteiger partial charge on any atom is 0.303 e. The Morgan fingerprint density at radius 3 is 2.15 bits per heavy atom. The van der Waals surface area contributed by atoms with Gasteiger partial charge in [-0.1, -0.05) is 20.4 Å². The van der Waals surface area contributed by atoms with Crippen molar-refractivity contribution in [3.05, 3.63) is 12.3 Å². The second-order valence-electron chi connectivity index (χ2n) is 3.86. The number of aliphatic carboxylic acids is 1. The van der Waals surface area contributed by atoms with Crippen molar-refractivity contribution in [2.24, 2.45) is 11.8 Å². The molecule has 0 fully saturated rings. The molecule has 0 aromatic rings. The third-order valence-corrected chi connectivity index (χ3v) is 1.79. The van der Waals surface area contributed by atoms with Crippen molar-refractivity contribution in [2.45, 2.75) is 33.1 Å². The van der Waals surface area contributed by atoms with E-state index in [1.54, 1.807) is 0 Å². The summed E-state index contributed by atoms with van der Waals surface area (Å²) in [4.78, 5) is 10.5. The van der Waals surface area contributed by atoms with E-state index in [0.29, 0.717) is 12.3 Å². The number of aliphatic hydroxyl groups is 1. The summed E-state index contributed by atoms with van der Waals surface area (Å²) in [7, 11) is 0. The van der Waals surface area contributed by atoms with Crippen LogP contribution >= 0.6 is 0 Å². The number of hydrogen-bond donors (Lipinski definition) is 2. The van der Waals surface area contributed by atoms with Crippen LogP contribution in [0.25, 0.3) is 0 Å². The Bertz CT molecular complexity index is 169. The molecule has 0 aliphatic rings. The van der Waals surface area contributed by atoms with E-state index < -0.39 is 5.97 Å². The first-order valence-electron chi connectivity index (χ1n) is 4.50. The number of hydrogen-bond acceptors (Lipinski definition) is 2. The van der Waals surface area contributed by atoms with E-state index in [-0.39, 0.29) is 18.1 Å². The lowest BCUT2D eigenvalue weighted by Gasteiger charge is -2.15. The molecule has 2 N–H and O–H groups in total. The number of allylic oxidation sites excluding steroid dienone is 1. The van der Waals surface area contributed by atoms with Crippen LogP contribution in [0.5, 0.6) is 0 Å². The lowest BCUT2D eigenvalue weighted by Crippen LogP contribution is -2.11. The van der Waals surface area contributed by atoms with Gasteiger partial charge >= 0.3 is 5.97 Å². The SMILES string of the molecule is C=C(O)CC(CC(=O)O)CC(C)C. The molecule has 0 radical (unpaired) electrons. The summed E-state index contributed by atoms with van der Waals surface area (Å²) < 4.78 is 0.